The standard InChI is InChI=1S/C19H28N2O3S/c1-15-9-10-18(13-16(15)2)25(23,24)21(3)14-19(22)20-12-11-17-7-5-4-6-8-17/h7,9-10,13H,4-6,8,11-12,14H2,1-3H3,(H,20,22). The number of benzene rings is 1. The Bertz CT molecular complexity index is 754. The molecule has 1 aliphatic rings. The molecule has 5 nitrogen and oxygen atoms in total. The Morgan fingerprint density at radius 2 is 1.96 bits per heavy atom. The molecule has 2 rings (SSSR count). The maximum Gasteiger partial charge on any atom is 0.243 e. The summed E-state index contributed by atoms with van der Waals surface area (Å²) in [6.07, 6.45) is 7.80. The van der Waals surface area contributed by atoms with Crippen molar-refractivity contribution in [2.24, 2.45) is 0 Å². The monoisotopic (exact) mass is 364 g/mol. The Labute approximate surface area is 151 Å². The molecule has 0 atom stereocenters. The maximum absolute atomic E-state index is 12.6. The van der Waals surface area contributed by atoms with Crippen LogP contribution in [0.2, 0.25) is 0 Å². The van der Waals surface area contributed by atoms with E-state index in [1.165, 1.54) is 25.5 Å². The minimum absolute atomic E-state index is 0.172. The van der Waals surface area contributed by atoms with Crippen LogP contribution in [0, 0.1) is 13.8 Å². The molecule has 1 N–H and O–H groups in total. The van der Waals surface area contributed by atoms with Crippen molar-refractivity contribution in [2.45, 2.75) is 50.8 Å². The molecule has 138 valence electrons. The molecule has 0 saturated heterocycles. The number of carbonyl (C=O) groups is 1. The lowest BCUT2D eigenvalue weighted by atomic mass is 9.97. The first-order chi connectivity index (χ1) is 11.8. The van der Waals surface area contributed by atoms with E-state index in [-0.39, 0.29) is 17.3 Å². The van der Waals surface area contributed by atoms with Crippen LogP contribution < -0.4 is 5.32 Å². The van der Waals surface area contributed by atoms with Crippen LogP contribution in [-0.2, 0) is 14.8 Å². The fourth-order valence-corrected chi connectivity index (χ4v) is 4.10. The number of aryl methyl sites for hydroxylation is 2. The summed E-state index contributed by atoms with van der Waals surface area (Å²) < 4.78 is 26.3. The van der Waals surface area contributed by atoms with Crippen LogP contribution in [0.1, 0.15) is 43.2 Å². The normalized spacial score (nSPS) is 15.1. The summed E-state index contributed by atoms with van der Waals surface area (Å²) >= 11 is 0. The van der Waals surface area contributed by atoms with Gasteiger partial charge in [0.05, 0.1) is 11.4 Å². The Kier molecular flexibility index (Phi) is 6.79. The zero-order valence-corrected chi connectivity index (χ0v) is 16.2. The van der Waals surface area contributed by atoms with E-state index in [1.807, 2.05) is 13.8 Å². The van der Waals surface area contributed by atoms with Gasteiger partial charge in [-0.05, 0) is 69.2 Å². The smallest absolute Gasteiger partial charge is 0.243 e. The second kappa shape index (κ2) is 8.63. The molecule has 0 fully saturated rings. The molecule has 1 aromatic rings. The molecule has 0 radical (unpaired) electrons. The molecule has 0 heterocycles. The highest BCUT2D eigenvalue weighted by molar-refractivity contribution is 7.89. The number of hydrogen-bond donors (Lipinski definition) is 1. The lowest BCUT2D eigenvalue weighted by Gasteiger charge is -2.18. The van der Waals surface area contributed by atoms with Gasteiger partial charge < -0.3 is 5.32 Å². The number of sulfonamides is 1. The first kappa shape index (κ1) is 19.7. The third-order valence-corrected chi connectivity index (χ3v) is 6.51. The Balaban J connectivity index is 1.88. The van der Waals surface area contributed by atoms with Gasteiger partial charge in [-0.15, -0.1) is 0 Å². The van der Waals surface area contributed by atoms with E-state index in [4.69, 9.17) is 0 Å². The van der Waals surface area contributed by atoms with Gasteiger partial charge in [0.25, 0.3) is 0 Å². The maximum atomic E-state index is 12.6. The van der Waals surface area contributed by atoms with E-state index in [0.29, 0.717) is 6.54 Å². The lowest BCUT2D eigenvalue weighted by Crippen LogP contribution is -2.38. The molecule has 0 spiro atoms. The summed E-state index contributed by atoms with van der Waals surface area (Å²) in [5.41, 5.74) is 3.35. The summed E-state index contributed by atoms with van der Waals surface area (Å²) in [5, 5.41) is 2.82. The average molecular weight is 365 g/mol. The van der Waals surface area contributed by atoms with Crippen LogP contribution in [0.5, 0.6) is 0 Å². The van der Waals surface area contributed by atoms with Crippen LogP contribution in [0.25, 0.3) is 0 Å². The van der Waals surface area contributed by atoms with E-state index in [9.17, 15) is 13.2 Å². The van der Waals surface area contributed by atoms with Crippen LogP contribution >= 0.6 is 0 Å². The molecular formula is C19H28N2O3S. The summed E-state index contributed by atoms with van der Waals surface area (Å²) in [5.74, 6) is -0.272. The number of allylic oxidation sites excluding steroid dienone is 1. The van der Waals surface area contributed by atoms with Gasteiger partial charge in [0.2, 0.25) is 15.9 Å². The molecule has 0 saturated carbocycles. The predicted octanol–water partition coefficient (Wildman–Crippen LogP) is 2.93. The third kappa shape index (κ3) is 5.41. The fraction of sp³-hybridized carbons (Fsp3) is 0.526. The van der Waals surface area contributed by atoms with Gasteiger partial charge in [0, 0.05) is 13.6 Å². The van der Waals surface area contributed by atoms with E-state index in [1.54, 1.807) is 18.2 Å². The van der Waals surface area contributed by atoms with E-state index >= 15 is 0 Å². The molecule has 25 heavy (non-hydrogen) atoms. The largest absolute Gasteiger partial charge is 0.355 e. The van der Waals surface area contributed by atoms with Gasteiger partial charge in [0.15, 0.2) is 0 Å². The van der Waals surface area contributed by atoms with Gasteiger partial charge in [-0.2, -0.15) is 4.31 Å². The topological polar surface area (TPSA) is 66.5 Å². The highest BCUT2D eigenvalue weighted by Gasteiger charge is 2.23. The van der Waals surface area contributed by atoms with Crippen molar-refractivity contribution in [3.05, 3.63) is 41.0 Å². The Hall–Kier alpha value is -1.66. The number of likely N-dealkylation sites (N-methyl/N-ethyl adjacent to an activating group) is 1. The van der Waals surface area contributed by atoms with Crippen molar-refractivity contribution in [2.75, 3.05) is 20.1 Å². The van der Waals surface area contributed by atoms with Crippen LogP contribution in [0.3, 0.4) is 0 Å². The minimum atomic E-state index is -3.66. The number of carbonyl (C=O) groups excluding carboxylic acids is 1. The van der Waals surface area contributed by atoms with Crippen LogP contribution in [0.4, 0.5) is 0 Å². The van der Waals surface area contributed by atoms with Crippen molar-refractivity contribution in [3.63, 3.8) is 0 Å². The quantitative estimate of drug-likeness (QED) is 0.757. The first-order valence-corrected chi connectivity index (χ1v) is 10.2. The number of amides is 1. The van der Waals surface area contributed by atoms with Gasteiger partial charge in [0.1, 0.15) is 0 Å². The zero-order chi connectivity index (χ0) is 18.4. The highest BCUT2D eigenvalue weighted by atomic mass is 32.2. The van der Waals surface area contributed by atoms with Crippen molar-refractivity contribution in [1.29, 1.82) is 0 Å². The van der Waals surface area contributed by atoms with Crippen molar-refractivity contribution in [1.82, 2.24) is 9.62 Å². The van der Waals surface area contributed by atoms with Crippen molar-refractivity contribution < 1.29 is 13.2 Å². The van der Waals surface area contributed by atoms with E-state index in [0.717, 1.165) is 34.7 Å². The summed E-state index contributed by atoms with van der Waals surface area (Å²) in [7, 11) is -2.22. The molecular weight excluding hydrogens is 336 g/mol. The van der Waals surface area contributed by atoms with E-state index in [2.05, 4.69) is 11.4 Å². The second-order valence-electron chi connectivity index (χ2n) is 6.72. The minimum Gasteiger partial charge on any atom is -0.355 e. The van der Waals surface area contributed by atoms with Crippen LogP contribution in [0.15, 0.2) is 34.7 Å². The van der Waals surface area contributed by atoms with E-state index < -0.39 is 10.0 Å². The number of nitrogens with zero attached hydrogens (tertiary/aromatic N) is 1. The molecule has 6 heteroatoms. The average Bonchev–Trinajstić information content (AvgIpc) is 2.58. The molecule has 0 aromatic heterocycles. The third-order valence-electron chi connectivity index (χ3n) is 4.71. The van der Waals surface area contributed by atoms with Crippen LogP contribution in [-0.4, -0.2) is 38.8 Å². The summed E-state index contributed by atoms with van der Waals surface area (Å²) in [4.78, 5) is 12.3. The SMILES string of the molecule is Cc1ccc(S(=O)(=O)N(C)CC(=O)NCCC2=CCCCC2)cc1C. The number of hydrogen-bond acceptors (Lipinski definition) is 3. The van der Waals surface area contributed by atoms with Crippen molar-refractivity contribution in [3.8, 4) is 0 Å². The van der Waals surface area contributed by atoms with Gasteiger partial charge in [-0.25, -0.2) is 8.42 Å². The molecule has 1 aromatic carbocycles. The molecule has 1 aliphatic carbocycles. The van der Waals surface area contributed by atoms with Gasteiger partial charge >= 0.3 is 0 Å². The Morgan fingerprint density at radius 3 is 2.60 bits per heavy atom. The van der Waals surface area contributed by atoms with Gasteiger partial charge in [-0.1, -0.05) is 17.7 Å². The fourth-order valence-electron chi connectivity index (χ4n) is 2.89. The predicted molar refractivity (Wildman–Crippen MR) is 99.9 cm³/mol. The highest BCUT2D eigenvalue weighted by Crippen LogP contribution is 2.20. The number of nitrogens with one attached hydrogen (secondary N) is 1. The Morgan fingerprint density at radius 1 is 1.20 bits per heavy atom. The number of rotatable bonds is 7. The van der Waals surface area contributed by atoms with Crippen molar-refractivity contribution >= 4 is 15.9 Å². The molecule has 0 aliphatic heterocycles. The molecule has 1 amide bonds. The van der Waals surface area contributed by atoms with Gasteiger partial charge in [-0.3, -0.25) is 4.79 Å². The molecule has 0 unspecified atom stereocenters. The summed E-state index contributed by atoms with van der Waals surface area (Å²) in [6.45, 7) is 4.20. The lowest BCUT2D eigenvalue weighted by molar-refractivity contribution is -0.121. The summed E-state index contributed by atoms with van der Waals surface area (Å²) in [6, 6.07) is 5.02. The second-order valence-corrected chi connectivity index (χ2v) is 8.76. The zero-order valence-electron chi connectivity index (χ0n) is 15.3. The first-order valence-electron chi connectivity index (χ1n) is 8.79. The molecule has 0 bridgehead atoms.